The maximum atomic E-state index is 13.4. The number of aromatic nitrogens is 2. The Labute approximate surface area is 138 Å². The van der Waals surface area contributed by atoms with E-state index in [1.807, 2.05) is 11.8 Å². The molecule has 0 saturated carbocycles. The molecule has 2 heterocycles. The fourth-order valence-electron chi connectivity index (χ4n) is 2.79. The highest BCUT2D eigenvalue weighted by molar-refractivity contribution is 7.15. The van der Waals surface area contributed by atoms with Gasteiger partial charge in [0.05, 0.1) is 6.54 Å². The summed E-state index contributed by atoms with van der Waals surface area (Å²) in [5.74, 6) is -0.364. The van der Waals surface area contributed by atoms with Crippen molar-refractivity contribution in [2.24, 2.45) is 0 Å². The minimum absolute atomic E-state index is 0.132. The van der Waals surface area contributed by atoms with Gasteiger partial charge in [0.25, 0.3) is 0 Å². The number of carbonyl (C=O) groups is 1. The number of fused-ring (bicyclic) bond motifs is 1. The highest BCUT2D eigenvalue weighted by atomic mass is 32.1. The first-order chi connectivity index (χ1) is 11.1. The van der Waals surface area contributed by atoms with Gasteiger partial charge in [-0.15, -0.1) is 10.2 Å². The smallest absolute Gasteiger partial charge is 0.245 e. The van der Waals surface area contributed by atoms with E-state index in [-0.39, 0.29) is 24.3 Å². The highest BCUT2D eigenvalue weighted by Crippen LogP contribution is 2.31. The fraction of sp³-hybridized carbons (Fsp3) is 0.438. The molecule has 1 unspecified atom stereocenters. The summed E-state index contributed by atoms with van der Waals surface area (Å²) in [5, 5.41) is 12.2. The zero-order chi connectivity index (χ0) is 16.4. The molecule has 1 aliphatic rings. The number of amides is 1. The van der Waals surface area contributed by atoms with Gasteiger partial charge in [-0.3, -0.25) is 10.1 Å². The molecular formula is C16H19FN4OS. The zero-order valence-electron chi connectivity index (χ0n) is 13.2. The number of anilines is 2. The highest BCUT2D eigenvalue weighted by Gasteiger charge is 2.25. The molecule has 1 atom stereocenters. The Morgan fingerprint density at radius 3 is 3.04 bits per heavy atom. The van der Waals surface area contributed by atoms with Crippen LogP contribution in [-0.2, 0) is 17.6 Å². The van der Waals surface area contributed by atoms with Gasteiger partial charge in [0.2, 0.25) is 11.0 Å². The van der Waals surface area contributed by atoms with E-state index in [9.17, 15) is 9.18 Å². The molecule has 1 aromatic heterocycles. The monoisotopic (exact) mass is 334 g/mol. The Morgan fingerprint density at radius 2 is 2.30 bits per heavy atom. The Kier molecular flexibility index (Phi) is 4.56. The van der Waals surface area contributed by atoms with Crippen LogP contribution in [-0.4, -0.2) is 28.7 Å². The standard InChI is InChI=1S/C16H19FN4OS/c1-3-15-19-20-16(23-15)18-14(22)9-21-10(2)4-5-11-8-12(17)6-7-13(11)21/h6-8,10H,3-5,9H2,1-2H3,(H,18,20,22). The van der Waals surface area contributed by atoms with E-state index in [2.05, 4.69) is 22.4 Å². The van der Waals surface area contributed by atoms with Crippen LogP contribution in [0.1, 0.15) is 30.8 Å². The van der Waals surface area contributed by atoms with Crippen LogP contribution in [0.2, 0.25) is 0 Å². The summed E-state index contributed by atoms with van der Waals surface area (Å²) in [7, 11) is 0. The second kappa shape index (κ2) is 6.62. The number of rotatable bonds is 4. The molecular weight excluding hydrogens is 315 g/mol. The molecule has 7 heteroatoms. The van der Waals surface area contributed by atoms with Gasteiger partial charge >= 0.3 is 0 Å². The van der Waals surface area contributed by atoms with Crippen molar-refractivity contribution in [1.82, 2.24) is 10.2 Å². The SMILES string of the molecule is CCc1nnc(NC(=O)CN2c3ccc(F)cc3CCC2C)s1. The zero-order valence-corrected chi connectivity index (χ0v) is 14.0. The number of halogens is 1. The van der Waals surface area contributed by atoms with Crippen LogP contribution in [0.3, 0.4) is 0 Å². The van der Waals surface area contributed by atoms with Crippen LogP contribution in [0.25, 0.3) is 0 Å². The topological polar surface area (TPSA) is 58.1 Å². The van der Waals surface area contributed by atoms with Crippen LogP contribution in [0.4, 0.5) is 15.2 Å². The normalized spacial score (nSPS) is 17.0. The lowest BCUT2D eigenvalue weighted by molar-refractivity contribution is -0.115. The summed E-state index contributed by atoms with van der Waals surface area (Å²) in [6, 6.07) is 5.00. The summed E-state index contributed by atoms with van der Waals surface area (Å²) in [6.07, 6.45) is 2.54. The van der Waals surface area contributed by atoms with Crippen molar-refractivity contribution in [1.29, 1.82) is 0 Å². The third-order valence-electron chi connectivity index (χ3n) is 4.04. The van der Waals surface area contributed by atoms with E-state index in [1.165, 1.54) is 17.4 Å². The molecule has 0 radical (unpaired) electrons. The molecule has 0 fully saturated rings. The number of carbonyl (C=O) groups excluding carboxylic acids is 1. The Morgan fingerprint density at radius 1 is 1.48 bits per heavy atom. The van der Waals surface area contributed by atoms with Crippen molar-refractivity contribution < 1.29 is 9.18 Å². The van der Waals surface area contributed by atoms with Crippen LogP contribution in [0.5, 0.6) is 0 Å². The molecule has 0 bridgehead atoms. The summed E-state index contributed by atoms with van der Waals surface area (Å²) >= 11 is 1.39. The molecule has 1 aliphatic heterocycles. The molecule has 122 valence electrons. The lowest BCUT2D eigenvalue weighted by Gasteiger charge is -2.36. The van der Waals surface area contributed by atoms with Crippen molar-refractivity contribution in [2.75, 3.05) is 16.8 Å². The van der Waals surface area contributed by atoms with Crippen molar-refractivity contribution in [3.63, 3.8) is 0 Å². The van der Waals surface area contributed by atoms with Crippen LogP contribution in [0, 0.1) is 5.82 Å². The average molecular weight is 334 g/mol. The van der Waals surface area contributed by atoms with Gasteiger partial charge in [-0.1, -0.05) is 18.3 Å². The molecule has 3 rings (SSSR count). The van der Waals surface area contributed by atoms with E-state index in [0.717, 1.165) is 35.5 Å². The van der Waals surface area contributed by atoms with Crippen molar-refractivity contribution in [2.45, 2.75) is 39.2 Å². The maximum absolute atomic E-state index is 13.4. The van der Waals surface area contributed by atoms with E-state index in [4.69, 9.17) is 0 Å². The Hall–Kier alpha value is -2.02. The van der Waals surface area contributed by atoms with Gasteiger partial charge in [-0.25, -0.2) is 4.39 Å². The molecule has 0 aliphatic carbocycles. The lowest BCUT2D eigenvalue weighted by atomic mass is 9.96. The third kappa shape index (κ3) is 3.50. The second-order valence-corrected chi connectivity index (χ2v) is 6.75. The lowest BCUT2D eigenvalue weighted by Crippen LogP contribution is -2.42. The average Bonchev–Trinajstić information content (AvgIpc) is 2.97. The number of nitrogens with one attached hydrogen (secondary N) is 1. The number of nitrogens with zero attached hydrogens (tertiary/aromatic N) is 3. The first-order valence-electron chi connectivity index (χ1n) is 7.74. The molecule has 2 aromatic rings. The van der Waals surface area contributed by atoms with Crippen molar-refractivity contribution in [3.8, 4) is 0 Å². The second-order valence-electron chi connectivity index (χ2n) is 5.69. The summed E-state index contributed by atoms with van der Waals surface area (Å²) in [4.78, 5) is 14.3. The predicted molar refractivity (Wildman–Crippen MR) is 89.4 cm³/mol. The van der Waals surface area contributed by atoms with E-state index >= 15 is 0 Å². The first-order valence-corrected chi connectivity index (χ1v) is 8.55. The van der Waals surface area contributed by atoms with Crippen LogP contribution < -0.4 is 10.2 Å². The Balaban J connectivity index is 1.72. The molecule has 1 amide bonds. The number of aryl methyl sites for hydroxylation is 2. The van der Waals surface area contributed by atoms with Crippen LogP contribution >= 0.6 is 11.3 Å². The minimum Gasteiger partial charge on any atom is -0.359 e. The molecule has 0 spiro atoms. The molecule has 23 heavy (non-hydrogen) atoms. The van der Waals surface area contributed by atoms with Gasteiger partial charge in [0.15, 0.2) is 0 Å². The van der Waals surface area contributed by atoms with Gasteiger partial charge in [-0.2, -0.15) is 0 Å². The molecule has 0 saturated heterocycles. The quantitative estimate of drug-likeness (QED) is 0.934. The van der Waals surface area contributed by atoms with Gasteiger partial charge in [-0.05, 0) is 49.9 Å². The molecule has 1 aromatic carbocycles. The van der Waals surface area contributed by atoms with Crippen LogP contribution in [0.15, 0.2) is 18.2 Å². The van der Waals surface area contributed by atoms with E-state index in [0.29, 0.717) is 5.13 Å². The number of benzene rings is 1. The summed E-state index contributed by atoms with van der Waals surface area (Å²) in [5.41, 5.74) is 1.90. The Bertz CT molecular complexity index is 718. The molecule has 1 N–H and O–H groups in total. The predicted octanol–water partition coefficient (Wildman–Crippen LogP) is 3.02. The summed E-state index contributed by atoms with van der Waals surface area (Å²) in [6.45, 7) is 4.30. The van der Waals surface area contributed by atoms with E-state index < -0.39 is 0 Å². The molecule has 5 nitrogen and oxygen atoms in total. The first kappa shape index (κ1) is 15.9. The van der Waals surface area contributed by atoms with Gasteiger partial charge in [0, 0.05) is 11.7 Å². The van der Waals surface area contributed by atoms with Crippen molar-refractivity contribution in [3.05, 3.63) is 34.6 Å². The number of hydrogen-bond acceptors (Lipinski definition) is 5. The fourth-order valence-corrected chi connectivity index (χ4v) is 3.49. The van der Waals surface area contributed by atoms with Crippen molar-refractivity contribution >= 4 is 28.1 Å². The van der Waals surface area contributed by atoms with E-state index in [1.54, 1.807) is 12.1 Å². The van der Waals surface area contributed by atoms with Gasteiger partial charge in [0.1, 0.15) is 10.8 Å². The maximum Gasteiger partial charge on any atom is 0.245 e. The minimum atomic E-state index is -0.233. The third-order valence-corrected chi connectivity index (χ3v) is 5.03. The summed E-state index contributed by atoms with van der Waals surface area (Å²) < 4.78 is 13.4. The number of hydrogen-bond donors (Lipinski definition) is 1. The van der Waals surface area contributed by atoms with Gasteiger partial charge < -0.3 is 4.90 Å². The largest absolute Gasteiger partial charge is 0.359 e.